The van der Waals surface area contributed by atoms with Gasteiger partial charge in [0.15, 0.2) is 0 Å². The summed E-state index contributed by atoms with van der Waals surface area (Å²) in [6, 6.07) is 3.52. The Labute approximate surface area is 188 Å². The molecule has 0 saturated heterocycles. The number of hydrogen-bond acceptors (Lipinski definition) is 3. The average Bonchev–Trinajstić information content (AvgIpc) is 3.14. The van der Waals surface area contributed by atoms with Crippen LogP contribution in [0.2, 0.25) is 0 Å². The molecule has 32 heavy (non-hydrogen) atoms. The molecule has 2 N–H and O–H groups in total. The molecule has 2 aromatic heterocycles. The maximum Gasteiger partial charge on any atom is 0.254 e. The highest BCUT2D eigenvalue weighted by Crippen LogP contribution is 2.44. The van der Waals surface area contributed by atoms with Crippen molar-refractivity contribution in [3.05, 3.63) is 74.3 Å². The van der Waals surface area contributed by atoms with Crippen LogP contribution in [-0.4, -0.2) is 9.55 Å². The molecule has 2 atom stereocenters. The summed E-state index contributed by atoms with van der Waals surface area (Å²) in [4.78, 5) is 18.6. The number of allylic oxidation sites excluding steroid dienone is 1. The Balaban J connectivity index is 1.85. The zero-order valence-electron chi connectivity index (χ0n) is 19.1. The predicted octanol–water partition coefficient (Wildman–Crippen LogP) is 5.45. The van der Waals surface area contributed by atoms with Gasteiger partial charge in [-0.25, -0.2) is 9.37 Å². The van der Waals surface area contributed by atoms with Gasteiger partial charge in [0, 0.05) is 34.5 Å². The lowest BCUT2D eigenvalue weighted by molar-refractivity contribution is 0.601. The first-order chi connectivity index (χ1) is 15.4. The van der Waals surface area contributed by atoms with E-state index in [1.807, 2.05) is 17.6 Å². The molecule has 166 valence electrons. The molecule has 2 aliphatic rings. The van der Waals surface area contributed by atoms with Crippen LogP contribution in [-0.2, 0) is 19.4 Å². The number of aromatic nitrogens is 2. The first-order valence-electron chi connectivity index (χ1n) is 11.7. The van der Waals surface area contributed by atoms with E-state index in [1.54, 1.807) is 0 Å². The molecule has 0 radical (unpaired) electrons. The van der Waals surface area contributed by atoms with Gasteiger partial charge in [-0.15, -0.1) is 6.58 Å². The summed E-state index contributed by atoms with van der Waals surface area (Å²) < 4.78 is 16.6. The van der Waals surface area contributed by atoms with Crippen LogP contribution < -0.4 is 11.3 Å². The Morgan fingerprint density at radius 1 is 1.34 bits per heavy atom. The Bertz CT molecular complexity index is 1340. The molecule has 1 aliphatic heterocycles. The number of aryl methyl sites for hydroxylation is 1. The van der Waals surface area contributed by atoms with Gasteiger partial charge in [-0.3, -0.25) is 4.79 Å². The zero-order chi connectivity index (χ0) is 22.7. The Hall–Kier alpha value is -2.79. The van der Waals surface area contributed by atoms with Gasteiger partial charge in [0.25, 0.3) is 5.56 Å². The Morgan fingerprint density at radius 3 is 2.81 bits per heavy atom. The summed E-state index contributed by atoms with van der Waals surface area (Å²) in [5.41, 5.74) is 14.6. The summed E-state index contributed by atoms with van der Waals surface area (Å²) in [7, 11) is 0. The molecule has 4 nitrogen and oxygen atoms in total. The third kappa shape index (κ3) is 2.83. The van der Waals surface area contributed by atoms with E-state index in [0.717, 1.165) is 76.7 Å². The number of pyridine rings is 2. The molecule has 0 bridgehead atoms. The number of rotatable bonds is 5. The van der Waals surface area contributed by atoms with Crippen molar-refractivity contribution in [2.45, 2.75) is 71.4 Å². The molecule has 0 amide bonds. The highest BCUT2D eigenvalue weighted by molar-refractivity contribution is 5.92. The number of hydrogen-bond donors (Lipinski definition) is 1. The van der Waals surface area contributed by atoms with Crippen LogP contribution in [0.1, 0.15) is 78.5 Å². The summed E-state index contributed by atoms with van der Waals surface area (Å²) >= 11 is 0. The molecule has 0 fully saturated rings. The van der Waals surface area contributed by atoms with Crippen molar-refractivity contribution in [2.75, 3.05) is 0 Å². The van der Waals surface area contributed by atoms with Crippen LogP contribution in [0, 0.1) is 12.7 Å². The van der Waals surface area contributed by atoms with E-state index < -0.39 is 0 Å². The van der Waals surface area contributed by atoms with E-state index in [1.165, 1.54) is 6.07 Å². The quantitative estimate of drug-likeness (QED) is 0.427. The van der Waals surface area contributed by atoms with Crippen molar-refractivity contribution >= 4 is 10.9 Å². The number of fused-ring (bicyclic) bond motifs is 4. The number of nitrogens with zero attached hydrogens (tertiary/aromatic N) is 2. The van der Waals surface area contributed by atoms with Gasteiger partial charge in [-0.1, -0.05) is 26.3 Å². The fourth-order valence-corrected chi connectivity index (χ4v) is 5.74. The van der Waals surface area contributed by atoms with Gasteiger partial charge in [0.05, 0.1) is 23.4 Å². The molecule has 0 saturated carbocycles. The summed E-state index contributed by atoms with van der Waals surface area (Å²) in [5, 5.41) is 0.994. The normalized spacial score (nSPS) is 17.3. The fourth-order valence-electron chi connectivity index (χ4n) is 5.74. The summed E-state index contributed by atoms with van der Waals surface area (Å²) in [6.45, 7) is 10.5. The van der Waals surface area contributed by atoms with Crippen molar-refractivity contribution < 1.29 is 4.39 Å². The lowest BCUT2D eigenvalue weighted by atomic mass is 9.82. The average molecular weight is 432 g/mol. The lowest BCUT2D eigenvalue weighted by Crippen LogP contribution is -2.26. The van der Waals surface area contributed by atoms with Gasteiger partial charge < -0.3 is 10.3 Å². The van der Waals surface area contributed by atoms with Crippen LogP contribution in [0.5, 0.6) is 0 Å². The largest absolute Gasteiger partial charge is 0.324 e. The van der Waals surface area contributed by atoms with Crippen molar-refractivity contribution in [1.82, 2.24) is 9.55 Å². The number of benzene rings is 1. The standard InChI is InChI=1S/C27H30FN3O/c1-5-8-17-18(15(6-2)7-3)11-23-26-19(13-31(23)27(17)32)24-21(29)10-9-16-14(4)20(28)12-22(30-26)25(16)24/h6,11-12,15,21H,2,5,7-10,13,29H2,1,3-4H3. The molecular weight excluding hydrogens is 401 g/mol. The molecule has 3 aromatic rings. The molecule has 1 aromatic carbocycles. The molecule has 1 aliphatic carbocycles. The van der Waals surface area contributed by atoms with Gasteiger partial charge in [0.2, 0.25) is 0 Å². The number of nitrogens with two attached hydrogens (primary N) is 1. The molecular formula is C27H30FN3O. The molecule has 5 rings (SSSR count). The third-order valence-electron chi connectivity index (χ3n) is 7.44. The van der Waals surface area contributed by atoms with E-state index in [9.17, 15) is 9.18 Å². The second kappa shape index (κ2) is 7.66. The second-order valence-electron chi connectivity index (χ2n) is 9.21. The van der Waals surface area contributed by atoms with Crippen LogP contribution >= 0.6 is 0 Å². The monoisotopic (exact) mass is 431 g/mol. The molecule has 3 heterocycles. The van der Waals surface area contributed by atoms with Crippen molar-refractivity contribution in [1.29, 1.82) is 0 Å². The minimum Gasteiger partial charge on any atom is -0.324 e. The maximum atomic E-state index is 14.7. The van der Waals surface area contributed by atoms with E-state index >= 15 is 0 Å². The molecule has 0 spiro atoms. The van der Waals surface area contributed by atoms with Crippen LogP contribution in [0.15, 0.2) is 29.6 Å². The van der Waals surface area contributed by atoms with Gasteiger partial charge in [0.1, 0.15) is 5.82 Å². The van der Waals surface area contributed by atoms with Gasteiger partial charge in [-0.05, 0) is 60.9 Å². The highest BCUT2D eigenvalue weighted by Gasteiger charge is 2.33. The van der Waals surface area contributed by atoms with Crippen molar-refractivity contribution in [3.8, 4) is 11.4 Å². The lowest BCUT2D eigenvalue weighted by Gasteiger charge is -2.26. The minimum absolute atomic E-state index is 0.0564. The molecule has 5 heteroatoms. The highest BCUT2D eigenvalue weighted by atomic mass is 19.1. The fraction of sp³-hybridized carbons (Fsp3) is 0.407. The Kier molecular flexibility index (Phi) is 5.05. The maximum absolute atomic E-state index is 14.7. The van der Waals surface area contributed by atoms with E-state index in [2.05, 4.69) is 26.5 Å². The third-order valence-corrected chi connectivity index (χ3v) is 7.44. The molecule has 2 unspecified atom stereocenters. The zero-order valence-corrected chi connectivity index (χ0v) is 19.1. The minimum atomic E-state index is -0.228. The van der Waals surface area contributed by atoms with E-state index in [0.29, 0.717) is 17.6 Å². The van der Waals surface area contributed by atoms with Crippen molar-refractivity contribution in [2.24, 2.45) is 5.73 Å². The Morgan fingerprint density at radius 2 is 2.12 bits per heavy atom. The van der Waals surface area contributed by atoms with E-state index in [4.69, 9.17) is 10.7 Å². The van der Waals surface area contributed by atoms with Crippen molar-refractivity contribution in [3.63, 3.8) is 0 Å². The van der Waals surface area contributed by atoms with Gasteiger partial charge >= 0.3 is 0 Å². The second-order valence-corrected chi connectivity index (χ2v) is 9.21. The summed E-state index contributed by atoms with van der Waals surface area (Å²) in [6.07, 6.45) is 5.98. The predicted molar refractivity (Wildman–Crippen MR) is 128 cm³/mol. The first kappa shape index (κ1) is 21.1. The van der Waals surface area contributed by atoms with Gasteiger partial charge in [-0.2, -0.15) is 0 Å². The number of halogens is 1. The van der Waals surface area contributed by atoms with Crippen LogP contribution in [0.3, 0.4) is 0 Å². The topological polar surface area (TPSA) is 60.9 Å². The van der Waals surface area contributed by atoms with Crippen LogP contribution in [0.4, 0.5) is 4.39 Å². The summed E-state index contributed by atoms with van der Waals surface area (Å²) in [5.74, 6) is -0.111. The SMILES string of the molecule is C=CC(CC)c1cc2n(c(=O)c1CCC)Cc1c-2nc2cc(F)c(C)c3c2c1C(N)CC3. The van der Waals surface area contributed by atoms with Crippen LogP contribution in [0.25, 0.3) is 22.3 Å². The van der Waals surface area contributed by atoms with E-state index in [-0.39, 0.29) is 23.3 Å². The smallest absolute Gasteiger partial charge is 0.254 e. The first-order valence-corrected chi connectivity index (χ1v) is 11.7.